The highest BCUT2D eigenvalue weighted by molar-refractivity contribution is 6.44. The number of hydrogen-bond donors (Lipinski definition) is 4. The summed E-state index contributed by atoms with van der Waals surface area (Å²) in [5, 5.41) is 13.7. The molecule has 2 aromatic rings. The summed E-state index contributed by atoms with van der Waals surface area (Å²) >= 11 is 0. The van der Waals surface area contributed by atoms with Crippen LogP contribution in [0.2, 0.25) is 0 Å². The number of carbonyl (C=O) groups is 2. The summed E-state index contributed by atoms with van der Waals surface area (Å²) in [6.07, 6.45) is -1.67. The largest absolute Gasteiger partial charge is 0.452 e. The lowest BCUT2D eigenvalue weighted by atomic mass is 10.0. The highest BCUT2D eigenvalue weighted by Crippen LogP contribution is 2.52. The van der Waals surface area contributed by atoms with Crippen LogP contribution < -0.4 is 21.1 Å². The smallest absolute Gasteiger partial charge is 0.434 e. The topological polar surface area (TPSA) is 159 Å². The quantitative estimate of drug-likeness (QED) is 0.448. The summed E-state index contributed by atoms with van der Waals surface area (Å²) in [4.78, 5) is 38.1. The molecule has 4 atom stereocenters. The lowest BCUT2D eigenvalue weighted by molar-refractivity contribution is -0.141. The Balaban J connectivity index is 1.40. The summed E-state index contributed by atoms with van der Waals surface area (Å²) in [7, 11) is 0. The summed E-state index contributed by atoms with van der Waals surface area (Å²) in [6, 6.07) is 0.922. The Kier molecular flexibility index (Phi) is 5.39. The van der Waals surface area contributed by atoms with E-state index >= 15 is 0 Å². The normalized spacial score (nSPS) is 26.8. The number of alkyl halides is 3. The molecule has 2 aliphatic heterocycles. The Morgan fingerprint density at radius 3 is 2.75 bits per heavy atom. The SMILES string of the molecule is Cc1cc(C(=N)C(N)=O)c2c(n1)OC(C)(N1[C@@H]3C[C@@H]3C[C@H]1C(=O)Nc1cncc(C(F)(F)F)n1)CN2. The molecule has 0 bridgehead atoms. The van der Waals surface area contributed by atoms with Crippen molar-refractivity contribution in [2.45, 2.75) is 50.7 Å². The van der Waals surface area contributed by atoms with Gasteiger partial charge >= 0.3 is 6.18 Å². The number of aromatic nitrogens is 3. The molecule has 0 radical (unpaired) electrons. The minimum absolute atomic E-state index is 0.0508. The predicted molar refractivity (Wildman–Crippen MR) is 120 cm³/mol. The van der Waals surface area contributed by atoms with E-state index in [4.69, 9.17) is 15.9 Å². The fourth-order valence-corrected chi connectivity index (χ4v) is 5.00. The Labute approximate surface area is 203 Å². The molecule has 0 spiro atoms. The van der Waals surface area contributed by atoms with Crippen LogP contribution in [0.4, 0.5) is 24.7 Å². The number of aryl methyl sites for hydroxylation is 1. The van der Waals surface area contributed by atoms with E-state index in [9.17, 15) is 22.8 Å². The summed E-state index contributed by atoms with van der Waals surface area (Å²) in [5.74, 6) is -1.29. The van der Waals surface area contributed by atoms with E-state index in [0.29, 0.717) is 24.0 Å². The Bertz CT molecular complexity index is 1290. The molecule has 5 rings (SSSR count). The minimum Gasteiger partial charge on any atom is -0.452 e. The molecular formula is C22H23F3N8O3. The molecular weight excluding hydrogens is 481 g/mol. The van der Waals surface area contributed by atoms with Crippen molar-refractivity contribution < 1.29 is 27.5 Å². The van der Waals surface area contributed by atoms with Crippen LogP contribution in [0.25, 0.3) is 0 Å². The third-order valence-corrected chi connectivity index (χ3v) is 6.67. The maximum atomic E-state index is 13.2. The molecule has 2 aromatic heterocycles. The molecule has 0 aromatic carbocycles. The second-order valence-electron chi connectivity index (χ2n) is 9.36. The van der Waals surface area contributed by atoms with Crippen LogP contribution in [0.1, 0.15) is 36.7 Å². The van der Waals surface area contributed by atoms with E-state index in [0.717, 1.165) is 12.6 Å². The number of hydrogen-bond acceptors (Lipinski definition) is 9. The first-order valence-corrected chi connectivity index (χ1v) is 11.2. The molecule has 14 heteroatoms. The highest BCUT2D eigenvalue weighted by atomic mass is 19.4. The van der Waals surface area contributed by atoms with E-state index in [1.54, 1.807) is 19.9 Å². The average Bonchev–Trinajstić information content (AvgIpc) is 3.45. The van der Waals surface area contributed by atoms with Gasteiger partial charge in [-0.1, -0.05) is 0 Å². The van der Waals surface area contributed by atoms with Gasteiger partial charge in [-0.25, -0.2) is 14.9 Å². The number of anilines is 2. The van der Waals surface area contributed by atoms with E-state index in [1.807, 2.05) is 4.90 Å². The summed E-state index contributed by atoms with van der Waals surface area (Å²) in [6.45, 7) is 3.67. The number of likely N-dealkylation sites (tertiary alicyclic amines) is 1. The number of pyridine rings is 1. The first-order chi connectivity index (χ1) is 16.9. The second kappa shape index (κ2) is 8.11. The number of nitrogens with one attached hydrogen (secondary N) is 3. The zero-order valence-corrected chi connectivity index (χ0v) is 19.3. The molecule has 2 amide bonds. The molecule has 1 saturated heterocycles. The minimum atomic E-state index is -4.69. The van der Waals surface area contributed by atoms with E-state index in [2.05, 4.69) is 25.6 Å². The van der Waals surface area contributed by atoms with Crippen molar-refractivity contribution in [1.82, 2.24) is 19.9 Å². The van der Waals surface area contributed by atoms with Gasteiger partial charge in [0.1, 0.15) is 11.4 Å². The van der Waals surface area contributed by atoms with Gasteiger partial charge < -0.3 is 21.1 Å². The third-order valence-electron chi connectivity index (χ3n) is 6.67. The molecule has 1 saturated carbocycles. The number of amides is 2. The molecule has 3 aliphatic rings. The molecule has 4 heterocycles. The zero-order valence-electron chi connectivity index (χ0n) is 19.3. The van der Waals surface area contributed by atoms with Crippen LogP contribution >= 0.6 is 0 Å². The van der Waals surface area contributed by atoms with Gasteiger partial charge in [0.15, 0.2) is 17.2 Å². The van der Waals surface area contributed by atoms with Crippen LogP contribution in [-0.2, 0) is 15.8 Å². The van der Waals surface area contributed by atoms with Gasteiger partial charge in [-0.05, 0) is 38.7 Å². The molecule has 5 N–H and O–H groups in total. The van der Waals surface area contributed by atoms with Gasteiger partial charge in [0.25, 0.3) is 5.91 Å². The van der Waals surface area contributed by atoms with Crippen molar-refractivity contribution in [2.24, 2.45) is 11.7 Å². The number of rotatable bonds is 5. The number of nitrogens with zero attached hydrogens (tertiary/aromatic N) is 4. The number of piperidine rings is 1. The molecule has 36 heavy (non-hydrogen) atoms. The Morgan fingerprint density at radius 1 is 1.31 bits per heavy atom. The molecule has 2 fully saturated rings. The van der Waals surface area contributed by atoms with Gasteiger partial charge in [-0.3, -0.25) is 20.0 Å². The van der Waals surface area contributed by atoms with Crippen molar-refractivity contribution in [2.75, 3.05) is 17.2 Å². The maximum absolute atomic E-state index is 13.2. The van der Waals surface area contributed by atoms with Gasteiger partial charge in [-0.2, -0.15) is 13.2 Å². The number of ether oxygens (including phenoxy) is 1. The Morgan fingerprint density at radius 2 is 2.06 bits per heavy atom. The first-order valence-electron chi connectivity index (χ1n) is 11.2. The van der Waals surface area contributed by atoms with Gasteiger partial charge in [0.2, 0.25) is 11.8 Å². The van der Waals surface area contributed by atoms with E-state index in [1.165, 1.54) is 0 Å². The summed E-state index contributed by atoms with van der Waals surface area (Å²) in [5.41, 5.74) is 3.78. The maximum Gasteiger partial charge on any atom is 0.434 e. The fraction of sp³-hybridized carbons (Fsp3) is 0.455. The third kappa shape index (κ3) is 4.10. The van der Waals surface area contributed by atoms with Gasteiger partial charge in [-0.15, -0.1) is 0 Å². The zero-order chi connectivity index (χ0) is 26.0. The van der Waals surface area contributed by atoms with Crippen LogP contribution in [0.15, 0.2) is 18.5 Å². The average molecular weight is 504 g/mol. The lowest BCUT2D eigenvalue weighted by Gasteiger charge is -2.45. The number of carbonyl (C=O) groups excluding carboxylic acids is 2. The van der Waals surface area contributed by atoms with Crippen molar-refractivity contribution >= 4 is 29.0 Å². The van der Waals surface area contributed by atoms with Crippen molar-refractivity contribution in [1.29, 1.82) is 5.41 Å². The van der Waals surface area contributed by atoms with Gasteiger partial charge in [0.05, 0.1) is 25.0 Å². The Hall–Kier alpha value is -3.81. The van der Waals surface area contributed by atoms with Crippen molar-refractivity contribution in [3.05, 3.63) is 35.4 Å². The van der Waals surface area contributed by atoms with Crippen LogP contribution in [0, 0.1) is 18.3 Å². The second-order valence-corrected chi connectivity index (χ2v) is 9.36. The predicted octanol–water partition coefficient (Wildman–Crippen LogP) is 1.67. The summed E-state index contributed by atoms with van der Waals surface area (Å²) < 4.78 is 45.3. The van der Waals surface area contributed by atoms with Crippen LogP contribution in [0.5, 0.6) is 5.88 Å². The number of fused-ring (bicyclic) bond motifs is 2. The highest BCUT2D eigenvalue weighted by Gasteiger charge is 2.61. The van der Waals surface area contributed by atoms with E-state index in [-0.39, 0.29) is 41.5 Å². The van der Waals surface area contributed by atoms with Crippen LogP contribution in [0.3, 0.4) is 0 Å². The van der Waals surface area contributed by atoms with E-state index < -0.39 is 35.5 Å². The number of halogens is 3. The first kappa shape index (κ1) is 23.9. The van der Waals surface area contributed by atoms with Crippen molar-refractivity contribution in [3.63, 3.8) is 0 Å². The standard InChI is InChI=1S/C22H23F3N8O3/c1-9-3-11(16(26)18(27)34)17-20(30-9)36-21(2,8-29-17)33-12-4-10(12)5-13(33)19(35)32-15-7-28-6-14(31-15)22(23,24)25/h3,6-7,10,12-13,26,29H,4-5,8H2,1-2H3,(H2,27,34)(H,31,32,35)/t10-,12-,13+,21?/m1/s1. The molecule has 1 unspecified atom stereocenters. The van der Waals surface area contributed by atoms with Crippen LogP contribution in [-0.4, -0.2) is 61.7 Å². The molecule has 1 aliphatic carbocycles. The fourth-order valence-electron chi connectivity index (χ4n) is 5.00. The monoisotopic (exact) mass is 504 g/mol. The van der Waals surface area contributed by atoms with Crippen molar-refractivity contribution in [3.8, 4) is 5.88 Å². The number of primary amides is 1. The molecule has 190 valence electrons. The lowest BCUT2D eigenvalue weighted by Crippen LogP contribution is -2.62. The van der Waals surface area contributed by atoms with Gasteiger partial charge in [0, 0.05) is 17.3 Å². The molecule has 11 nitrogen and oxygen atoms in total. The number of nitrogens with two attached hydrogens (primary N) is 1.